The van der Waals surface area contributed by atoms with Crippen LogP contribution >= 0.6 is 11.8 Å². The first kappa shape index (κ1) is 23.8. The van der Waals surface area contributed by atoms with Crippen LogP contribution < -0.4 is 5.32 Å². The Labute approximate surface area is 204 Å². The molecule has 1 amide bonds. The van der Waals surface area contributed by atoms with E-state index in [0.717, 1.165) is 48.6 Å². The number of para-hydroxylation sites is 1. The molecular weight excluding hydrogens is 444 g/mol. The van der Waals surface area contributed by atoms with E-state index in [2.05, 4.69) is 30.4 Å². The van der Waals surface area contributed by atoms with Crippen molar-refractivity contribution in [2.45, 2.75) is 37.2 Å². The summed E-state index contributed by atoms with van der Waals surface area (Å²) in [6.07, 6.45) is 6.53. The molecule has 2 heterocycles. The highest BCUT2D eigenvalue weighted by molar-refractivity contribution is 7.99. The number of aromatic nitrogens is 2. The first-order chi connectivity index (χ1) is 16.7. The maximum Gasteiger partial charge on any atom is 0.262 e. The molecule has 0 spiro atoms. The Morgan fingerprint density at radius 3 is 2.74 bits per heavy atom. The van der Waals surface area contributed by atoms with Crippen LogP contribution in [0.4, 0.5) is 0 Å². The van der Waals surface area contributed by atoms with Crippen molar-refractivity contribution in [2.75, 3.05) is 18.9 Å². The molecule has 1 fully saturated rings. The number of hydrogen-bond acceptors (Lipinski definition) is 5. The third-order valence-electron chi connectivity index (χ3n) is 5.54. The second-order valence-corrected chi connectivity index (χ2v) is 9.27. The number of benzene rings is 2. The Balaban J connectivity index is 1.64. The van der Waals surface area contributed by atoms with E-state index in [4.69, 9.17) is 9.84 Å². The second kappa shape index (κ2) is 11.7. The van der Waals surface area contributed by atoms with Gasteiger partial charge in [0.25, 0.3) is 5.91 Å². The van der Waals surface area contributed by atoms with E-state index in [1.165, 1.54) is 4.90 Å². The topological polar surface area (TPSA) is 79.9 Å². The highest BCUT2D eigenvalue weighted by Crippen LogP contribution is 2.28. The number of ether oxygens (including phenoxy) is 1. The summed E-state index contributed by atoms with van der Waals surface area (Å²) < 4.78 is 7.34. The largest absolute Gasteiger partial charge is 0.376 e. The molecule has 0 radical (unpaired) electrons. The average Bonchev–Trinajstić information content (AvgIpc) is 3.56. The second-order valence-electron chi connectivity index (χ2n) is 8.10. The molecule has 0 saturated carbocycles. The Morgan fingerprint density at radius 2 is 2.06 bits per heavy atom. The van der Waals surface area contributed by atoms with Gasteiger partial charge in [-0.05, 0) is 55.4 Å². The van der Waals surface area contributed by atoms with Crippen LogP contribution in [0.5, 0.6) is 0 Å². The number of amides is 1. The number of nitrogens with zero attached hydrogens (tertiary/aromatic N) is 3. The molecule has 1 N–H and O–H groups in total. The molecule has 1 unspecified atom stereocenters. The molecule has 1 atom stereocenters. The summed E-state index contributed by atoms with van der Waals surface area (Å²) in [5, 5.41) is 17.4. The van der Waals surface area contributed by atoms with Crippen LogP contribution in [-0.2, 0) is 9.53 Å². The van der Waals surface area contributed by atoms with Gasteiger partial charge in [0, 0.05) is 35.4 Å². The highest BCUT2D eigenvalue weighted by atomic mass is 32.2. The number of thioether (sulfide) groups is 1. The van der Waals surface area contributed by atoms with Crippen LogP contribution in [0.3, 0.4) is 0 Å². The number of hydrogen-bond donors (Lipinski definition) is 1. The summed E-state index contributed by atoms with van der Waals surface area (Å²) in [6, 6.07) is 20.1. The first-order valence-corrected chi connectivity index (χ1v) is 12.6. The normalized spacial score (nSPS) is 15.8. The molecule has 174 valence electrons. The smallest absolute Gasteiger partial charge is 0.262 e. The monoisotopic (exact) mass is 472 g/mol. The minimum Gasteiger partial charge on any atom is -0.376 e. The molecule has 1 aliphatic rings. The van der Waals surface area contributed by atoms with Crippen molar-refractivity contribution in [1.82, 2.24) is 15.1 Å². The molecule has 0 bridgehead atoms. The van der Waals surface area contributed by atoms with Crippen molar-refractivity contribution in [3.63, 3.8) is 0 Å². The van der Waals surface area contributed by atoms with Crippen molar-refractivity contribution in [3.05, 3.63) is 71.9 Å². The van der Waals surface area contributed by atoms with E-state index < -0.39 is 5.91 Å². The lowest BCUT2D eigenvalue weighted by molar-refractivity contribution is -0.117. The van der Waals surface area contributed by atoms with E-state index in [1.807, 2.05) is 60.4 Å². The van der Waals surface area contributed by atoms with Crippen molar-refractivity contribution in [3.8, 4) is 23.0 Å². The molecule has 1 saturated heterocycles. The number of carbonyl (C=O) groups is 1. The van der Waals surface area contributed by atoms with Gasteiger partial charge in [0.15, 0.2) is 0 Å². The van der Waals surface area contributed by atoms with Gasteiger partial charge in [-0.25, -0.2) is 4.68 Å². The zero-order chi connectivity index (χ0) is 23.8. The lowest BCUT2D eigenvalue weighted by Gasteiger charge is -2.10. The van der Waals surface area contributed by atoms with Crippen molar-refractivity contribution >= 4 is 23.7 Å². The fourth-order valence-electron chi connectivity index (χ4n) is 3.77. The molecule has 1 aliphatic heterocycles. The zero-order valence-electron chi connectivity index (χ0n) is 19.2. The van der Waals surface area contributed by atoms with Crippen LogP contribution in [0.15, 0.2) is 71.3 Å². The zero-order valence-corrected chi connectivity index (χ0v) is 20.1. The Morgan fingerprint density at radius 1 is 1.26 bits per heavy atom. The van der Waals surface area contributed by atoms with Gasteiger partial charge in [-0.15, -0.1) is 11.8 Å². The predicted molar refractivity (Wildman–Crippen MR) is 136 cm³/mol. The van der Waals surface area contributed by atoms with Gasteiger partial charge >= 0.3 is 0 Å². The Hall–Kier alpha value is -3.34. The molecule has 4 rings (SSSR count). The summed E-state index contributed by atoms with van der Waals surface area (Å²) in [5.41, 5.74) is 3.30. The molecule has 3 aromatic rings. The van der Waals surface area contributed by atoms with Gasteiger partial charge in [-0.3, -0.25) is 4.79 Å². The van der Waals surface area contributed by atoms with Crippen molar-refractivity contribution in [1.29, 1.82) is 5.26 Å². The third-order valence-corrected chi connectivity index (χ3v) is 6.76. The van der Waals surface area contributed by atoms with Gasteiger partial charge in [0.05, 0.1) is 17.5 Å². The third kappa shape index (κ3) is 5.96. The summed E-state index contributed by atoms with van der Waals surface area (Å²) in [4.78, 5) is 13.9. The number of nitrogens with one attached hydrogen (secondary N) is 1. The quantitative estimate of drug-likeness (QED) is 0.262. The lowest BCUT2D eigenvalue weighted by atomic mass is 10.1. The maximum atomic E-state index is 12.7. The van der Waals surface area contributed by atoms with Crippen molar-refractivity contribution in [2.24, 2.45) is 0 Å². The minimum absolute atomic E-state index is 0.0179. The maximum absolute atomic E-state index is 12.7. The van der Waals surface area contributed by atoms with Crippen LogP contribution in [0.2, 0.25) is 0 Å². The highest BCUT2D eigenvalue weighted by Gasteiger charge is 2.19. The molecule has 0 aliphatic carbocycles. The van der Waals surface area contributed by atoms with E-state index in [9.17, 15) is 10.1 Å². The standard InChI is InChI=1S/C27H28N4O2S/c1-2-15-34-25-12-10-20(11-13-25)26-22(19-31(30-26)23-7-4-3-5-8-23)16-21(17-28)27(32)29-18-24-9-6-14-33-24/h3-5,7-8,10-13,16,19,24H,2,6,9,14-15,18H2,1H3,(H,29,32)/b21-16-. The van der Waals surface area contributed by atoms with Crippen LogP contribution in [0.1, 0.15) is 31.7 Å². The van der Waals surface area contributed by atoms with Gasteiger partial charge < -0.3 is 10.1 Å². The van der Waals surface area contributed by atoms with Gasteiger partial charge in [0.1, 0.15) is 11.6 Å². The molecular formula is C27H28N4O2S. The predicted octanol–water partition coefficient (Wildman–Crippen LogP) is 5.24. The summed E-state index contributed by atoms with van der Waals surface area (Å²) in [6.45, 7) is 3.30. The summed E-state index contributed by atoms with van der Waals surface area (Å²) in [7, 11) is 0. The van der Waals surface area contributed by atoms with E-state index in [1.54, 1.807) is 10.8 Å². The summed E-state index contributed by atoms with van der Waals surface area (Å²) in [5.74, 6) is 0.672. The van der Waals surface area contributed by atoms with Gasteiger partial charge in [-0.1, -0.05) is 37.3 Å². The molecule has 6 nitrogen and oxygen atoms in total. The van der Waals surface area contributed by atoms with E-state index in [-0.39, 0.29) is 11.7 Å². The van der Waals surface area contributed by atoms with E-state index in [0.29, 0.717) is 12.1 Å². The average molecular weight is 473 g/mol. The first-order valence-electron chi connectivity index (χ1n) is 11.6. The van der Waals surface area contributed by atoms with Gasteiger partial charge in [-0.2, -0.15) is 10.4 Å². The van der Waals surface area contributed by atoms with Crippen molar-refractivity contribution < 1.29 is 9.53 Å². The van der Waals surface area contributed by atoms with Gasteiger partial charge in [0.2, 0.25) is 0 Å². The Kier molecular flexibility index (Phi) is 8.18. The minimum atomic E-state index is -0.400. The fraction of sp³-hybridized carbons (Fsp3) is 0.296. The molecule has 7 heteroatoms. The Bertz CT molecular complexity index is 1170. The lowest BCUT2D eigenvalue weighted by Crippen LogP contribution is -2.32. The van der Waals surface area contributed by atoms with E-state index >= 15 is 0 Å². The molecule has 2 aromatic carbocycles. The molecule has 34 heavy (non-hydrogen) atoms. The molecule has 1 aromatic heterocycles. The fourth-order valence-corrected chi connectivity index (χ4v) is 4.54. The number of carbonyl (C=O) groups excluding carboxylic acids is 1. The SMILES string of the molecule is CCCSc1ccc(-c2nn(-c3ccccc3)cc2/C=C(/C#N)C(=O)NCC2CCCO2)cc1. The van der Waals surface area contributed by atoms with Crippen LogP contribution in [0, 0.1) is 11.3 Å². The number of rotatable bonds is 9. The summed E-state index contributed by atoms with van der Waals surface area (Å²) >= 11 is 1.82. The van der Waals surface area contributed by atoms with Crippen LogP contribution in [-0.4, -0.2) is 40.7 Å². The van der Waals surface area contributed by atoms with Crippen LogP contribution in [0.25, 0.3) is 23.0 Å². The number of nitriles is 1.